The zero-order chi connectivity index (χ0) is 7.98. The van der Waals surface area contributed by atoms with Crippen LogP contribution in [-0.2, 0) is 4.79 Å². The summed E-state index contributed by atoms with van der Waals surface area (Å²) in [6.07, 6.45) is 1.87. The molecule has 0 aromatic heterocycles. The Labute approximate surface area is 61.5 Å². The second kappa shape index (κ2) is 4.99. The van der Waals surface area contributed by atoms with Crippen LogP contribution in [0.2, 0.25) is 0 Å². The fourth-order valence-electron chi connectivity index (χ4n) is 0.635. The summed E-state index contributed by atoms with van der Waals surface area (Å²) in [6, 6.07) is 0. The SMILES string of the molecule is C/C=C(\CNC)NC(C)=O. The van der Waals surface area contributed by atoms with Gasteiger partial charge in [-0.15, -0.1) is 0 Å². The van der Waals surface area contributed by atoms with Crippen LogP contribution in [0.3, 0.4) is 0 Å². The predicted octanol–water partition coefficient (Wildman–Crippen LogP) is 0.246. The summed E-state index contributed by atoms with van der Waals surface area (Å²) in [5.41, 5.74) is 0.912. The first kappa shape index (κ1) is 9.17. The maximum absolute atomic E-state index is 10.5. The molecule has 2 N–H and O–H groups in total. The van der Waals surface area contributed by atoms with E-state index >= 15 is 0 Å². The first-order chi connectivity index (χ1) is 4.70. The molecule has 0 saturated heterocycles. The molecule has 0 fully saturated rings. The number of nitrogens with one attached hydrogen (secondary N) is 2. The van der Waals surface area contributed by atoms with Gasteiger partial charge in [0.15, 0.2) is 0 Å². The van der Waals surface area contributed by atoms with Gasteiger partial charge in [0.2, 0.25) is 5.91 Å². The van der Waals surface area contributed by atoms with Crippen molar-refractivity contribution in [3.8, 4) is 0 Å². The molecule has 0 heterocycles. The topological polar surface area (TPSA) is 41.1 Å². The minimum Gasteiger partial charge on any atom is -0.329 e. The van der Waals surface area contributed by atoms with Gasteiger partial charge in [-0.2, -0.15) is 0 Å². The van der Waals surface area contributed by atoms with Crippen molar-refractivity contribution < 1.29 is 4.79 Å². The number of hydrogen-bond acceptors (Lipinski definition) is 2. The third kappa shape index (κ3) is 4.09. The van der Waals surface area contributed by atoms with Gasteiger partial charge in [-0.05, 0) is 14.0 Å². The molecule has 0 bridgehead atoms. The molecule has 0 aromatic carbocycles. The van der Waals surface area contributed by atoms with E-state index in [0.29, 0.717) is 6.54 Å². The van der Waals surface area contributed by atoms with Gasteiger partial charge in [0.05, 0.1) is 0 Å². The zero-order valence-corrected chi connectivity index (χ0v) is 6.69. The van der Waals surface area contributed by atoms with E-state index < -0.39 is 0 Å². The van der Waals surface area contributed by atoms with Gasteiger partial charge in [-0.3, -0.25) is 4.79 Å². The van der Waals surface area contributed by atoms with E-state index in [1.54, 1.807) is 0 Å². The molecule has 0 aliphatic carbocycles. The second-order valence-corrected chi connectivity index (χ2v) is 2.03. The van der Waals surface area contributed by atoms with Crippen LogP contribution < -0.4 is 10.6 Å². The van der Waals surface area contributed by atoms with Crippen molar-refractivity contribution in [2.75, 3.05) is 13.6 Å². The summed E-state index contributed by atoms with van der Waals surface area (Å²) in [4.78, 5) is 10.5. The Morgan fingerprint density at radius 2 is 2.20 bits per heavy atom. The molecule has 10 heavy (non-hydrogen) atoms. The monoisotopic (exact) mass is 142 g/mol. The van der Waals surface area contributed by atoms with Gasteiger partial charge in [-0.25, -0.2) is 0 Å². The molecular weight excluding hydrogens is 128 g/mol. The van der Waals surface area contributed by atoms with Crippen molar-refractivity contribution in [2.45, 2.75) is 13.8 Å². The highest BCUT2D eigenvalue weighted by atomic mass is 16.1. The first-order valence-corrected chi connectivity index (χ1v) is 3.28. The number of carbonyl (C=O) groups excluding carboxylic acids is 1. The van der Waals surface area contributed by atoms with E-state index in [1.165, 1.54) is 6.92 Å². The summed E-state index contributed by atoms with van der Waals surface area (Å²) in [5.74, 6) is -0.0247. The largest absolute Gasteiger partial charge is 0.329 e. The quantitative estimate of drug-likeness (QED) is 0.593. The van der Waals surface area contributed by atoms with Crippen molar-refractivity contribution in [1.82, 2.24) is 10.6 Å². The molecule has 1 amide bonds. The molecule has 0 aliphatic rings. The van der Waals surface area contributed by atoms with Crippen LogP contribution in [0.1, 0.15) is 13.8 Å². The van der Waals surface area contributed by atoms with Crippen LogP contribution in [0.5, 0.6) is 0 Å². The van der Waals surface area contributed by atoms with Crippen molar-refractivity contribution in [3.05, 3.63) is 11.8 Å². The van der Waals surface area contributed by atoms with Crippen molar-refractivity contribution in [3.63, 3.8) is 0 Å². The lowest BCUT2D eigenvalue weighted by Gasteiger charge is -2.05. The fraction of sp³-hybridized carbons (Fsp3) is 0.571. The Morgan fingerprint density at radius 1 is 1.60 bits per heavy atom. The minimum absolute atomic E-state index is 0.0247. The molecule has 0 atom stereocenters. The molecule has 3 heteroatoms. The van der Waals surface area contributed by atoms with E-state index in [-0.39, 0.29) is 5.91 Å². The van der Waals surface area contributed by atoms with Crippen LogP contribution in [0.4, 0.5) is 0 Å². The van der Waals surface area contributed by atoms with Gasteiger partial charge >= 0.3 is 0 Å². The van der Waals surface area contributed by atoms with Gasteiger partial charge in [-0.1, -0.05) is 6.08 Å². The number of carbonyl (C=O) groups is 1. The van der Waals surface area contributed by atoms with E-state index in [9.17, 15) is 4.79 Å². The Balaban J connectivity index is 3.73. The van der Waals surface area contributed by atoms with Crippen molar-refractivity contribution in [2.24, 2.45) is 0 Å². The summed E-state index contributed by atoms with van der Waals surface area (Å²) in [7, 11) is 1.84. The average Bonchev–Trinajstić information content (AvgIpc) is 1.86. The number of rotatable bonds is 3. The third-order valence-corrected chi connectivity index (χ3v) is 1.05. The lowest BCUT2D eigenvalue weighted by Crippen LogP contribution is -2.26. The molecule has 0 radical (unpaired) electrons. The fourth-order valence-corrected chi connectivity index (χ4v) is 0.635. The van der Waals surface area contributed by atoms with E-state index in [4.69, 9.17) is 0 Å². The van der Waals surface area contributed by atoms with Gasteiger partial charge < -0.3 is 10.6 Å². The summed E-state index contributed by atoms with van der Waals surface area (Å²) in [5, 5.41) is 5.63. The molecule has 0 aromatic rings. The smallest absolute Gasteiger partial charge is 0.221 e. The van der Waals surface area contributed by atoms with Gasteiger partial charge in [0.25, 0.3) is 0 Å². The van der Waals surface area contributed by atoms with E-state index in [1.807, 2.05) is 20.0 Å². The highest BCUT2D eigenvalue weighted by molar-refractivity contribution is 5.74. The van der Waals surface area contributed by atoms with Crippen LogP contribution >= 0.6 is 0 Å². The predicted molar refractivity (Wildman–Crippen MR) is 41.5 cm³/mol. The van der Waals surface area contributed by atoms with Crippen molar-refractivity contribution >= 4 is 5.91 Å². The highest BCUT2D eigenvalue weighted by Gasteiger charge is 1.94. The number of hydrogen-bond donors (Lipinski definition) is 2. The molecule has 0 spiro atoms. The molecule has 3 nitrogen and oxygen atoms in total. The van der Waals surface area contributed by atoms with Gasteiger partial charge in [0, 0.05) is 19.2 Å². The standard InChI is InChI=1S/C7H14N2O/c1-4-7(5-8-3)9-6(2)10/h4,8H,5H2,1-3H3,(H,9,10)/b7-4+. The average molecular weight is 142 g/mol. The number of allylic oxidation sites excluding steroid dienone is 1. The summed E-state index contributed by atoms with van der Waals surface area (Å²) in [6.45, 7) is 4.10. The normalized spacial score (nSPS) is 11.3. The Bertz CT molecular complexity index is 141. The maximum atomic E-state index is 10.5. The van der Waals surface area contributed by atoms with Crippen LogP contribution in [0.25, 0.3) is 0 Å². The molecular formula is C7H14N2O. The molecule has 0 saturated carbocycles. The minimum atomic E-state index is -0.0247. The molecule has 0 rings (SSSR count). The third-order valence-electron chi connectivity index (χ3n) is 1.05. The van der Waals surface area contributed by atoms with Gasteiger partial charge in [0.1, 0.15) is 0 Å². The number of amides is 1. The zero-order valence-electron chi connectivity index (χ0n) is 6.69. The van der Waals surface area contributed by atoms with Crippen molar-refractivity contribution in [1.29, 1.82) is 0 Å². The second-order valence-electron chi connectivity index (χ2n) is 2.03. The molecule has 0 unspecified atom stereocenters. The maximum Gasteiger partial charge on any atom is 0.221 e. The summed E-state index contributed by atoms with van der Waals surface area (Å²) >= 11 is 0. The lowest BCUT2D eigenvalue weighted by atomic mass is 10.4. The number of likely N-dealkylation sites (N-methyl/N-ethyl adjacent to an activating group) is 1. The Hall–Kier alpha value is -0.830. The van der Waals surface area contributed by atoms with Crippen LogP contribution in [-0.4, -0.2) is 19.5 Å². The molecule has 58 valence electrons. The molecule has 0 aliphatic heterocycles. The highest BCUT2D eigenvalue weighted by Crippen LogP contribution is 1.84. The van der Waals surface area contributed by atoms with Crippen LogP contribution in [0, 0.1) is 0 Å². The summed E-state index contributed by atoms with van der Waals surface area (Å²) < 4.78 is 0. The first-order valence-electron chi connectivity index (χ1n) is 3.28. The lowest BCUT2D eigenvalue weighted by molar-refractivity contribution is -0.118. The van der Waals surface area contributed by atoms with Crippen LogP contribution in [0.15, 0.2) is 11.8 Å². The Kier molecular flexibility index (Phi) is 4.58. The Morgan fingerprint density at radius 3 is 2.50 bits per heavy atom. The van der Waals surface area contributed by atoms with E-state index in [0.717, 1.165) is 5.70 Å². The van der Waals surface area contributed by atoms with E-state index in [2.05, 4.69) is 10.6 Å².